The van der Waals surface area contributed by atoms with Crippen LogP contribution in [0.25, 0.3) is 0 Å². The number of hydrogen-bond acceptors (Lipinski definition) is 3. The third-order valence-electron chi connectivity index (χ3n) is 3.43. The van der Waals surface area contributed by atoms with Crippen LogP contribution < -0.4 is 15.0 Å². The van der Waals surface area contributed by atoms with Crippen molar-refractivity contribution in [2.75, 3.05) is 25.1 Å². The number of anilines is 1. The Balaban J connectivity index is 2.94. The molecule has 0 saturated heterocycles. The molecule has 128 valence electrons. The fraction of sp³-hybridized carbons (Fsp3) is 0.529. The number of benzene rings is 1. The van der Waals surface area contributed by atoms with Crippen LogP contribution in [0.15, 0.2) is 12.1 Å². The highest BCUT2D eigenvalue weighted by molar-refractivity contribution is 6.31. The summed E-state index contributed by atoms with van der Waals surface area (Å²) in [5, 5.41) is 3.42. The molecule has 1 aromatic rings. The first-order chi connectivity index (χ1) is 10.6. The topological polar surface area (TPSA) is 58.6 Å². The molecule has 1 N–H and O–H groups in total. The van der Waals surface area contributed by atoms with Crippen molar-refractivity contribution >= 4 is 29.1 Å². The molecule has 2 amide bonds. The molecule has 0 atom stereocenters. The zero-order valence-corrected chi connectivity index (χ0v) is 15.4. The molecule has 0 aliphatic rings. The Morgan fingerprint density at radius 1 is 1.30 bits per heavy atom. The van der Waals surface area contributed by atoms with E-state index in [1.165, 1.54) is 14.0 Å². The van der Waals surface area contributed by atoms with E-state index >= 15 is 0 Å². The van der Waals surface area contributed by atoms with E-state index in [0.717, 1.165) is 5.56 Å². The molecule has 0 fully saturated rings. The van der Waals surface area contributed by atoms with Crippen LogP contribution in [-0.2, 0) is 9.59 Å². The second-order valence-electron chi connectivity index (χ2n) is 6.45. The van der Waals surface area contributed by atoms with Gasteiger partial charge in [-0.05, 0) is 18.6 Å². The third-order valence-corrected chi connectivity index (χ3v) is 3.84. The van der Waals surface area contributed by atoms with Crippen molar-refractivity contribution in [2.45, 2.75) is 34.6 Å². The predicted octanol–water partition coefficient (Wildman–Crippen LogP) is 3.17. The first-order valence-electron chi connectivity index (χ1n) is 7.48. The van der Waals surface area contributed by atoms with Crippen LogP contribution in [0.3, 0.4) is 0 Å². The highest BCUT2D eigenvalue weighted by Gasteiger charge is 2.22. The molecule has 0 spiro atoms. The molecule has 0 heterocycles. The summed E-state index contributed by atoms with van der Waals surface area (Å²) in [5.74, 6) is 0.341. The van der Waals surface area contributed by atoms with Crippen LogP contribution in [0.5, 0.6) is 5.75 Å². The van der Waals surface area contributed by atoms with Gasteiger partial charge in [-0.25, -0.2) is 0 Å². The van der Waals surface area contributed by atoms with Gasteiger partial charge >= 0.3 is 0 Å². The molecule has 1 aromatic carbocycles. The van der Waals surface area contributed by atoms with Crippen molar-refractivity contribution < 1.29 is 14.3 Å². The highest BCUT2D eigenvalue weighted by atomic mass is 35.5. The molecular formula is C17H25ClN2O3. The first-order valence-corrected chi connectivity index (χ1v) is 7.86. The number of amides is 2. The van der Waals surface area contributed by atoms with E-state index in [0.29, 0.717) is 29.5 Å². The van der Waals surface area contributed by atoms with Gasteiger partial charge in [0.2, 0.25) is 11.8 Å². The van der Waals surface area contributed by atoms with Gasteiger partial charge in [0, 0.05) is 36.5 Å². The van der Waals surface area contributed by atoms with E-state index < -0.39 is 5.41 Å². The Hall–Kier alpha value is -1.75. The molecule has 0 aromatic heterocycles. The molecule has 0 unspecified atom stereocenters. The van der Waals surface area contributed by atoms with Gasteiger partial charge in [0.15, 0.2) is 0 Å². The number of hydrogen-bond donors (Lipinski definition) is 1. The Morgan fingerprint density at radius 2 is 1.91 bits per heavy atom. The van der Waals surface area contributed by atoms with Gasteiger partial charge < -0.3 is 15.0 Å². The van der Waals surface area contributed by atoms with Crippen molar-refractivity contribution in [3.8, 4) is 5.75 Å². The number of ether oxygens (including phenoxy) is 1. The summed E-state index contributed by atoms with van der Waals surface area (Å²) in [6.07, 6.45) is 0. The maximum Gasteiger partial charge on any atom is 0.225 e. The minimum Gasteiger partial charge on any atom is -0.495 e. The van der Waals surface area contributed by atoms with Crippen molar-refractivity contribution in [3.05, 3.63) is 22.7 Å². The average Bonchev–Trinajstić information content (AvgIpc) is 2.44. The van der Waals surface area contributed by atoms with Crippen molar-refractivity contribution in [2.24, 2.45) is 5.41 Å². The van der Waals surface area contributed by atoms with Crippen molar-refractivity contribution in [1.29, 1.82) is 0 Å². The normalized spacial score (nSPS) is 11.1. The number of halogens is 1. The van der Waals surface area contributed by atoms with E-state index in [4.69, 9.17) is 16.3 Å². The van der Waals surface area contributed by atoms with Crippen LogP contribution in [0.4, 0.5) is 5.69 Å². The summed E-state index contributed by atoms with van der Waals surface area (Å²) in [6, 6.07) is 3.50. The quantitative estimate of drug-likeness (QED) is 0.895. The summed E-state index contributed by atoms with van der Waals surface area (Å²) in [5.41, 5.74) is 1.04. The number of nitrogens with zero attached hydrogens (tertiary/aromatic N) is 1. The van der Waals surface area contributed by atoms with Gasteiger partial charge in [-0.1, -0.05) is 32.4 Å². The minimum absolute atomic E-state index is 0.0553. The lowest BCUT2D eigenvalue weighted by molar-refractivity contribution is -0.128. The molecule has 5 nitrogen and oxygen atoms in total. The van der Waals surface area contributed by atoms with Gasteiger partial charge in [-0.2, -0.15) is 0 Å². The molecule has 0 bridgehead atoms. The molecule has 0 aliphatic heterocycles. The Morgan fingerprint density at radius 3 is 2.39 bits per heavy atom. The van der Waals surface area contributed by atoms with Crippen molar-refractivity contribution in [1.82, 2.24) is 5.32 Å². The van der Waals surface area contributed by atoms with E-state index in [1.54, 1.807) is 11.0 Å². The lowest BCUT2D eigenvalue weighted by Crippen LogP contribution is -2.41. The first kappa shape index (κ1) is 19.3. The van der Waals surface area contributed by atoms with Gasteiger partial charge in [0.25, 0.3) is 0 Å². The average molecular weight is 341 g/mol. The summed E-state index contributed by atoms with van der Waals surface area (Å²) in [7, 11) is 1.53. The van der Waals surface area contributed by atoms with Gasteiger partial charge in [0.05, 0.1) is 12.8 Å². The highest BCUT2D eigenvalue weighted by Crippen LogP contribution is 2.33. The molecule has 0 saturated carbocycles. The summed E-state index contributed by atoms with van der Waals surface area (Å²) < 4.78 is 5.33. The predicted molar refractivity (Wildman–Crippen MR) is 93.2 cm³/mol. The fourth-order valence-corrected chi connectivity index (χ4v) is 2.17. The maximum atomic E-state index is 12.0. The molecule has 0 aliphatic carbocycles. The van der Waals surface area contributed by atoms with Crippen LogP contribution in [0.1, 0.15) is 33.3 Å². The summed E-state index contributed by atoms with van der Waals surface area (Å²) in [4.78, 5) is 25.5. The third kappa shape index (κ3) is 5.13. The van der Waals surface area contributed by atoms with E-state index in [-0.39, 0.29) is 11.8 Å². The Labute approximate surface area is 142 Å². The second kappa shape index (κ2) is 7.68. The Kier molecular flexibility index (Phi) is 6.45. The largest absolute Gasteiger partial charge is 0.495 e. The van der Waals surface area contributed by atoms with Crippen LogP contribution >= 0.6 is 11.6 Å². The zero-order valence-electron chi connectivity index (χ0n) is 14.6. The monoisotopic (exact) mass is 340 g/mol. The number of nitrogens with one attached hydrogen (secondary N) is 1. The SMILES string of the molecule is COc1cc(Cl)c(C)cc1N(CCNC(=O)C(C)(C)C)C(C)=O. The molecular weight excluding hydrogens is 316 g/mol. The second-order valence-corrected chi connectivity index (χ2v) is 6.86. The fourth-order valence-electron chi connectivity index (χ4n) is 2.02. The lowest BCUT2D eigenvalue weighted by atomic mass is 9.96. The van der Waals surface area contributed by atoms with Crippen LogP contribution in [0, 0.1) is 12.3 Å². The Bertz CT molecular complexity index is 594. The molecule has 23 heavy (non-hydrogen) atoms. The zero-order chi connectivity index (χ0) is 17.8. The smallest absolute Gasteiger partial charge is 0.225 e. The van der Waals surface area contributed by atoms with Gasteiger partial charge in [0.1, 0.15) is 5.75 Å². The van der Waals surface area contributed by atoms with Crippen LogP contribution in [0.2, 0.25) is 5.02 Å². The minimum atomic E-state index is -0.463. The number of carbonyl (C=O) groups excluding carboxylic acids is 2. The van der Waals surface area contributed by atoms with E-state index in [1.807, 2.05) is 33.8 Å². The summed E-state index contributed by atoms with van der Waals surface area (Å²) in [6.45, 7) is 9.60. The van der Waals surface area contributed by atoms with Gasteiger partial charge in [-0.3, -0.25) is 9.59 Å². The molecule has 6 heteroatoms. The number of aryl methyl sites for hydroxylation is 1. The summed E-state index contributed by atoms with van der Waals surface area (Å²) >= 11 is 6.10. The number of methoxy groups -OCH3 is 1. The maximum absolute atomic E-state index is 12.0. The van der Waals surface area contributed by atoms with E-state index in [9.17, 15) is 9.59 Å². The van der Waals surface area contributed by atoms with Crippen molar-refractivity contribution in [3.63, 3.8) is 0 Å². The molecule has 1 rings (SSSR count). The standard InChI is InChI=1S/C17H25ClN2O3/c1-11-9-14(15(23-6)10-13(11)18)20(12(2)21)8-7-19-16(22)17(3,4)5/h9-10H,7-8H2,1-6H3,(H,19,22). The number of carbonyl (C=O) groups is 2. The number of rotatable bonds is 5. The lowest BCUT2D eigenvalue weighted by Gasteiger charge is -2.25. The van der Waals surface area contributed by atoms with Crippen LogP contribution in [-0.4, -0.2) is 32.0 Å². The van der Waals surface area contributed by atoms with E-state index in [2.05, 4.69) is 5.32 Å². The van der Waals surface area contributed by atoms with Gasteiger partial charge in [-0.15, -0.1) is 0 Å². The molecule has 0 radical (unpaired) electrons.